The third-order valence-electron chi connectivity index (χ3n) is 5.48. The number of nitrogens with one attached hydrogen (secondary N) is 2. The summed E-state index contributed by atoms with van der Waals surface area (Å²) >= 11 is 0. The van der Waals surface area contributed by atoms with Crippen LogP contribution >= 0.6 is 0 Å². The maximum absolute atomic E-state index is 12.4. The second-order valence-corrected chi connectivity index (χ2v) is 7.31. The summed E-state index contributed by atoms with van der Waals surface area (Å²) in [4.78, 5) is 37.3. The summed E-state index contributed by atoms with van der Waals surface area (Å²) in [5.74, 6) is -0.671. The number of hydrogen-bond donors (Lipinski definition) is 3. The minimum absolute atomic E-state index is 0.129. The number of carbonyl (C=O) groups excluding carboxylic acids is 2. The van der Waals surface area contributed by atoms with Gasteiger partial charge in [-0.05, 0) is 43.4 Å². The molecule has 8 nitrogen and oxygen atoms in total. The number of benzene rings is 1. The lowest BCUT2D eigenvalue weighted by molar-refractivity contribution is -0.145. The summed E-state index contributed by atoms with van der Waals surface area (Å²) in [5.41, 5.74) is 1.82. The van der Waals surface area contributed by atoms with Gasteiger partial charge in [0.2, 0.25) is 5.91 Å². The third-order valence-corrected chi connectivity index (χ3v) is 5.48. The van der Waals surface area contributed by atoms with E-state index >= 15 is 0 Å². The zero-order valence-corrected chi connectivity index (χ0v) is 16.0. The monoisotopic (exact) mass is 389 g/mol. The van der Waals surface area contributed by atoms with Crippen LogP contribution in [0.4, 0.5) is 4.79 Å². The minimum atomic E-state index is -0.902. The Balaban J connectivity index is 1.66. The molecule has 8 heteroatoms. The average molecular weight is 389 g/mol. The van der Waals surface area contributed by atoms with Crippen LogP contribution < -0.4 is 10.6 Å². The first-order valence-corrected chi connectivity index (χ1v) is 9.69. The van der Waals surface area contributed by atoms with Crippen LogP contribution in [0.1, 0.15) is 42.9 Å². The standard InChI is InChI=1S/C20H27N3O5/c1-28-19(25)16(22-18(24)15-4-2-10-21-15)12-13-6-8-14(9-7-13)17-5-3-11-23(17)20(26)27/h6-9,15-17,21H,2-5,10-12H2,1H3,(H,22,24)(H,26,27)/t15-,16-,17?/m0/s1. The van der Waals surface area contributed by atoms with E-state index in [9.17, 15) is 19.5 Å². The highest BCUT2D eigenvalue weighted by atomic mass is 16.5. The first-order valence-electron chi connectivity index (χ1n) is 9.69. The van der Waals surface area contributed by atoms with E-state index in [0.717, 1.165) is 43.4 Å². The van der Waals surface area contributed by atoms with Crippen LogP contribution in [0.15, 0.2) is 24.3 Å². The summed E-state index contributed by atoms with van der Waals surface area (Å²) < 4.78 is 4.85. The van der Waals surface area contributed by atoms with Crippen LogP contribution in [0.2, 0.25) is 0 Å². The smallest absolute Gasteiger partial charge is 0.407 e. The Morgan fingerprint density at radius 2 is 2.00 bits per heavy atom. The molecule has 0 spiro atoms. The molecule has 0 saturated carbocycles. The molecule has 28 heavy (non-hydrogen) atoms. The summed E-state index contributed by atoms with van der Waals surface area (Å²) in [6.45, 7) is 1.35. The second kappa shape index (κ2) is 9.05. The topological polar surface area (TPSA) is 108 Å². The minimum Gasteiger partial charge on any atom is -0.467 e. The molecule has 1 aromatic carbocycles. The van der Waals surface area contributed by atoms with Crippen LogP contribution in [0.3, 0.4) is 0 Å². The van der Waals surface area contributed by atoms with Gasteiger partial charge in [-0.15, -0.1) is 0 Å². The molecular formula is C20H27N3O5. The molecule has 1 aromatic rings. The number of likely N-dealkylation sites (tertiary alicyclic amines) is 1. The summed E-state index contributed by atoms with van der Waals surface area (Å²) in [6, 6.07) is 6.40. The number of carbonyl (C=O) groups is 3. The van der Waals surface area contributed by atoms with Gasteiger partial charge in [-0.2, -0.15) is 0 Å². The molecule has 3 rings (SSSR count). The number of ether oxygens (including phenoxy) is 1. The molecule has 0 radical (unpaired) electrons. The van der Waals surface area contributed by atoms with E-state index in [-0.39, 0.29) is 18.0 Å². The van der Waals surface area contributed by atoms with Gasteiger partial charge in [-0.3, -0.25) is 4.79 Å². The van der Waals surface area contributed by atoms with Gasteiger partial charge >= 0.3 is 12.1 Å². The van der Waals surface area contributed by atoms with Crippen molar-refractivity contribution in [1.29, 1.82) is 0 Å². The molecule has 3 N–H and O–H groups in total. The van der Waals surface area contributed by atoms with Gasteiger partial charge < -0.3 is 25.4 Å². The highest BCUT2D eigenvalue weighted by Gasteiger charge is 2.30. The maximum Gasteiger partial charge on any atom is 0.407 e. The Morgan fingerprint density at radius 3 is 2.61 bits per heavy atom. The van der Waals surface area contributed by atoms with Crippen molar-refractivity contribution in [3.8, 4) is 0 Å². The third kappa shape index (κ3) is 4.62. The van der Waals surface area contributed by atoms with Crippen molar-refractivity contribution < 1.29 is 24.2 Å². The lowest BCUT2D eigenvalue weighted by atomic mass is 9.99. The Bertz CT molecular complexity index is 715. The Labute approximate surface area is 164 Å². The van der Waals surface area contributed by atoms with E-state index in [4.69, 9.17) is 4.74 Å². The number of nitrogens with zero attached hydrogens (tertiary/aromatic N) is 1. The Kier molecular flexibility index (Phi) is 6.51. The normalized spacial score (nSPS) is 22.7. The van der Waals surface area contributed by atoms with Crippen molar-refractivity contribution in [1.82, 2.24) is 15.5 Å². The van der Waals surface area contributed by atoms with Crippen molar-refractivity contribution in [2.75, 3.05) is 20.2 Å². The summed E-state index contributed by atoms with van der Waals surface area (Å²) in [6.07, 6.45) is 2.78. The van der Waals surface area contributed by atoms with Gasteiger partial charge in [-0.25, -0.2) is 9.59 Å². The number of methoxy groups -OCH3 is 1. The van der Waals surface area contributed by atoms with Gasteiger partial charge in [0.1, 0.15) is 6.04 Å². The van der Waals surface area contributed by atoms with E-state index < -0.39 is 18.1 Å². The molecule has 0 aliphatic carbocycles. The van der Waals surface area contributed by atoms with Crippen molar-refractivity contribution >= 4 is 18.0 Å². The molecule has 0 bridgehead atoms. The molecule has 2 saturated heterocycles. The molecule has 152 valence electrons. The van der Waals surface area contributed by atoms with Gasteiger partial charge in [-0.1, -0.05) is 24.3 Å². The van der Waals surface area contributed by atoms with Gasteiger partial charge in [0.05, 0.1) is 19.2 Å². The fraction of sp³-hybridized carbons (Fsp3) is 0.550. The fourth-order valence-electron chi connectivity index (χ4n) is 3.97. The highest BCUT2D eigenvalue weighted by Crippen LogP contribution is 2.32. The molecule has 2 amide bonds. The second-order valence-electron chi connectivity index (χ2n) is 7.31. The van der Waals surface area contributed by atoms with Crippen molar-refractivity contribution in [2.24, 2.45) is 0 Å². The SMILES string of the molecule is COC(=O)[C@H](Cc1ccc(C2CCCN2C(=O)O)cc1)NC(=O)[C@@H]1CCCN1. The first kappa shape index (κ1) is 20.1. The molecule has 0 aromatic heterocycles. The van der Waals surface area contributed by atoms with Gasteiger partial charge in [0, 0.05) is 13.0 Å². The predicted octanol–water partition coefficient (Wildman–Crippen LogP) is 1.45. The highest BCUT2D eigenvalue weighted by molar-refractivity contribution is 5.87. The molecule has 2 heterocycles. The number of amides is 2. The van der Waals surface area contributed by atoms with Crippen LogP contribution in [0.25, 0.3) is 0 Å². The van der Waals surface area contributed by atoms with Gasteiger partial charge in [0.15, 0.2) is 0 Å². The number of rotatable bonds is 6. The largest absolute Gasteiger partial charge is 0.467 e. The summed E-state index contributed by atoms with van der Waals surface area (Å²) in [5, 5.41) is 15.2. The first-order chi connectivity index (χ1) is 13.5. The predicted molar refractivity (Wildman–Crippen MR) is 102 cm³/mol. The van der Waals surface area contributed by atoms with Crippen LogP contribution in [0, 0.1) is 0 Å². The number of esters is 1. The van der Waals surface area contributed by atoms with Crippen molar-refractivity contribution in [3.05, 3.63) is 35.4 Å². The zero-order valence-electron chi connectivity index (χ0n) is 16.0. The Morgan fingerprint density at radius 1 is 1.25 bits per heavy atom. The van der Waals surface area contributed by atoms with Crippen LogP contribution in [-0.4, -0.2) is 60.3 Å². The van der Waals surface area contributed by atoms with Crippen molar-refractivity contribution in [2.45, 2.75) is 50.2 Å². The van der Waals surface area contributed by atoms with Crippen molar-refractivity contribution in [3.63, 3.8) is 0 Å². The van der Waals surface area contributed by atoms with E-state index in [0.29, 0.717) is 13.0 Å². The molecular weight excluding hydrogens is 362 g/mol. The quantitative estimate of drug-likeness (QED) is 0.636. The van der Waals surface area contributed by atoms with E-state index in [2.05, 4.69) is 10.6 Å². The lowest BCUT2D eigenvalue weighted by Crippen LogP contribution is -2.49. The summed E-state index contributed by atoms with van der Waals surface area (Å²) in [7, 11) is 1.30. The molecule has 1 unspecified atom stereocenters. The molecule has 2 fully saturated rings. The lowest BCUT2D eigenvalue weighted by Gasteiger charge is -2.22. The van der Waals surface area contributed by atoms with E-state index in [1.54, 1.807) is 0 Å². The number of hydrogen-bond acceptors (Lipinski definition) is 5. The Hall–Kier alpha value is -2.61. The van der Waals surface area contributed by atoms with Crippen LogP contribution in [0.5, 0.6) is 0 Å². The maximum atomic E-state index is 12.4. The average Bonchev–Trinajstić information content (AvgIpc) is 3.39. The number of carboxylic acid groups (broad SMARTS) is 1. The molecule has 2 aliphatic heterocycles. The van der Waals surface area contributed by atoms with E-state index in [1.807, 2.05) is 24.3 Å². The van der Waals surface area contributed by atoms with Gasteiger partial charge in [0.25, 0.3) is 0 Å². The van der Waals surface area contributed by atoms with E-state index in [1.165, 1.54) is 12.0 Å². The molecule has 2 aliphatic rings. The van der Waals surface area contributed by atoms with Crippen LogP contribution in [-0.2, 0) is 20.7 Å². The fourth-order valence-corrected chi connectivity index (χ4v) is 3.97. The zero-order chi connectivity index (χ0) is 20.1. The molecule has 3 atom stereocenters.